The Bertz CT molecular complexity index is 1250. The number of non-ortho nitro benzene ring substituents is 1. The fourth-order valence-corrected chi connectivity index (χ4v) is 7.52. The number of fused-ring (bicyclic) bond motifs is 5. The number of ketones is 1. The van der Waals surface area contributed by atoms with E-state index in [1.165, 1.54) is 24.3 Å². The van der Waals surface area contributed by atoms with Crippen molar-refractivity contribution in [2.45, 2.75) is 23.0 Å². The molecule has 2 saturated carbocycles. The van der Waals surface area contributed by atoms with Gasteiger partial charge in [0.1, 0.15) is 6.54 Å². The molecule has 1 saturated heterocycles. The molecule has 36 heavy (non-hydrogen) atoms. The number of hydrogen-bond acceptors (Lipinski definition) is 6. The van der Waals surface area contributed by atoms with Crippen LogP contribution in [0.4, 0.5) is 5.69 Å². The van der Waals surface area contributed by atoms with Crippen LogP contribution in [0.1, 0.15) is 32.7 Å². The number of nitro groups is 1. The van der Waals surface area contributed by atoms with Crippen LogP contribution in [0.2, 0.25) is 0 Å². The number of halogens is 2. The summed E-state index contributed by atoms with van der Waals surface area (Å²) in [4.78, 5) is 64.4. The minimum Gasteiger partial charge on any atom is -0.292 e. The second kappa shape index (κ2) is 9.19. The van der Waals surface area contributed by atoms with Crippen molar-refractivity contribution in [2.75, 3.05) is 6.54 Å². The lowest BCUT2D eigenvalue weighted by molar-refractivity contribution is -0.384. The van der Waals surface area contributed by atoms with Crippen molar-refractivity contribution >= 4 is 61.1 Å². The molecule has 11 heteroatoms. The number of hydrazine groups is 1. The monoisotopic (exact) mass is 617 g/mol. The Morgan fingerprint density at radius 1 is 0.944 bits per heavy atom. The van der Waals surface area contributed by atoms with Crippen LogP contribution in [0.25, 0.3) is 0 Å². The molecule has 2 aromatic rings. The van der Waals surface area contributed by atoms with Crippen LogP contribution >= 0.6 is 31.9 Å². The van der Waals surface area contributed by atoms with Crippen molar-refractivity contribution in [3.8, 4) is 0 Å². The van der Waals surface area contributed by atoms with Gasteiger partial charge >= 0.3 is 0 Å². The predicted molar refractivity (Wildman–Crippen MR) is 136 cm³/mol. The van der Waals surface area contributed by atoms with Crippen LogP contribution in [-0.4, -0.2) is 54.6 Å². The molecule has 6 atom stereocenters. The molecular weight excluding hydrogens is 598 g/mol. The van der Waals surface area contributed by atoms with Crippen LogP contribution in [0.3, 0.4) is 0 Å². The van der Waals surface area contributed by atoms with Gasteiger partial charge in [-0.2, -0.15) is 5.01 Å². The third-order valence-electron chi connectivity index (χ3n) is 7.43. The van der Waals surface area contributed by atoms with Gasteiger partial charge < -0.3 is 0 Å². The Kier molecular flexibility index (Phi) is 6.32. The molecule has 0 N–H and O–H groups in total. The Morgan fingerprint density at radius 3 is 1.94 bits per heavy atom. The molecule has 1 aliphatic heterocycles. The number of carbonyl (C=O) groups excluding carboxylic acids is 4. The lowest BCUT2D eigenvalue weighted by Crippen LogP contribution is -2.52. The number of alkyl halides is 2. The quantitative estimate of drug-likeness (QED) is 0.159. The van der Waals surface area contributed by atoms with Crippen LogP contribution in [0, 0.1) is 40.7 Å². The summed E-state index contributed by atoms with van der Waals surface area (Å²) in [7, 11) is 0. The van der Waals surface area contributed by atoms with Gasteiger partial charge in [0.15, 0.2) is 5.78 Å². The van der Waals surface area contributed by atoms with E-state index in [1.54, 1.807) is 24.3 Å². The average molecular weight is 619 g/mol. The van der Waals surface area contributed by atoms with Gasteiger partial charge in [0.05, 0.1) is 16.8 Å². The lowest BCUT2D eigenvalue weighted by atomic mass is 9.81. The van der Waals surface area contributed by atoms with E-state index < -0.39 is 46.8 Å². The molecule has 0 aromatic heterocycles. The number of nitrogens with zero attached hydrogens (tertiary/aromatic N) is 3. The molecule has 0 unspecified atom stereocenters. The average Bonchev–Trinajstić information content (AvgIpc) is 3.47. The maximum absolute atomic E-state index is 13.6. The molecule has 3 fully saturated rings. The number of Topliss-reactive ketones (excluding diaryl/α,β-unsaturated/α-hetero) is 1. The molecule has 5 rings (SSSR count). The van der Waals surface area contributed by atoms with E-state index in [1.807, 2.05) is 6.92 Å². The summed E-state index contributed by atoms with van der Waals surface area (Å²) in [5.41, 5.74) is 1.10. The zero-order valence-electron chi connectivity index (χ0n) is 19.0. The number of benzene rings is 2. The van der Waals surface area contributed by atoms with Gasteiger partial charge in [-0.15, -0.1) is 0 Å². The molecule has 2 aromatic carbocycles. The van der Waals surface area contributed by atoms with Crippen LogP contribution in [0.15, 0.2) is 48.5 Å². The number of amides is 3. The van der Waals surface area contributed by atoms with E-state index in [2.05, 4.69) is 31.9 Å². The van der Waals surface area contributed by atoms with Crippen molar-refractivity contribution in [1.82, 2.24) is 10.0 Å². The summed E-state index contributed by atoms with van der Waals surface area (Å²) in [6, 6.07) is 11.6. The number of nitro benzene ring substituents is 1. The molecule has 2 aliphatic carbocycles. The van der Waals surface area contributed by atoms with Crippen LogP contribution < -0.4 is 0 Å². The fourth-order valence-electron chi connectivity index (χ4n) is 5.65. The summed E-state index contributed by atoms with van der Waals surface area (Å²) in [6.07, 6.45) is 0.727. The van der Waals surface area contributed by atoms with E-state index in [-0.39, 0.29) is 32.7 Å². The molecule has 1 heterocycles. The summed E-state index contributed by atoms with van der Waals surface area (Å²) in [5.74, 6) is -3.44. The van der Waals surface area contributed by atoms with Gasteiger partial charge in [0, 0.05) is 32.9 Å². The van der Waals surface area contributed by atoms with E-state index >= 15 is 0 Å². The third-order valence-corrected chi connectivity index (χ3v) is 10.6. The zero-order valence-corrected chi connectivity index (χ0v) is 22.2. The molecule has 3 aliphatic rings. The number of carbonyl (C=O) groups is 4. The first-order valence-electron chi connectivity index (χ1n) is 11.4. The molecule has 2 bridgehead atoms. The minimum atomic E-state index is -0.759. The second-order valence-electron chi connectivity index (χ2n) is 9.45. The van der Waals surface area contributed by atoms with Crippen molar-refractivity contribution in [3.63, 3.8) is 0 Å². The Morgan fingerprint density at radius 2 is 1.44 bits per heavy atom. The molecule has 0 spiro atoms. The summed E-state index contributed by atoms with van der Waals surface area (Å²) < 4.78 is 0. The van der Waals surface area contributed by atoms with Gasteiger partial charge in [-0.05, 0) is 37.3 Å². The Labute approximate surface area is 223 Å². The molecule has 0 radical (unpaired) electrons. The minimum absolute atomic E-state index is 0.0217. The normalized spacial score (nSPS) is 28.4. The highest BCUT2D eigenvalue weighted by atomic mass is 79.9. The van der Waals surface area contributed by atoms with Crippen LogP contribution in [-0.2, 0) is 9.59 Å². The number of aryl methyl sites for hydroxylation is 1. The van der Waals surface area contributed by atoms with Gasteiger partial charge in [-0.1, -0.05) is 61.7 Å². The van der Waals surface area contributed by atoms with Crippen LogP contribution in [0.5, 0.6) is 0 Å². The number of hydrogen-bond donors (Lipinski definition) is 0. The maximum atomic E-state index is 13.6. The van der Waals surface area contributed by atoms with Crippen molar-refractivity contribution < 1.29 is 24.1 Å². The number of rotatable bonds is 6. The molecule has 9 nitrogen and oxygen atoms in total. The van der Waals surface area contributed by atoms with E-state index in [9.17, 15) is 29.3 Å². The highest BCUT2D eigenvalue weighted by Crippen LogP contribution is 2.60. The topological polar surface area (TPSA) is 118 Å². The van der Waals surface area contributed by atoms with Gasteiger partial charge in [-0.25, -0.2) is 5.01 Å². The number of imide groups is 1. The predicted octanol–water partition coefficient (Wildman–Crippen LogP) is 3.92. The second-order valence-corrected chi connectivity index (χ2v) is 11.6. The molecule has 186 valence electrons. The summed E-state index contributed by atoms with van der Waals surface area (Å²) >= 11 is 7.29. The Hall–Kier alpha value is -2.92. The molecule has 3 amide bonds. The molecular formula is C25H21Br2N3O6. The van der Waals surface area contributed by atoms with Crippen molar-refractivity contribution in [3.05, 3.63) is 75.3 Å². The van der Waals surface area contributed by atoms with E-state index in [4.69, 9.17) is 0 Å². The highest BCUT2D eigenvalue weighted by molar-refractivity contribution is 9.12. The van der Waals surface area contributed by atoms with Crippen molar-refractivity contribution in [1.29, 1.82) is 0 Å². The van der Waals surface area contributed by atoms with Crippen molar-refractivity contribution in [2.24, 2.45) is 23.7 Å². The largest absolute Gasteiger partial charge is 0.292 e. The summed E-state index contributed by atoms with van der Waals surface area (Å²) in [6.45, 7) is 1.35. The van der Waals surface area contributed by atoms with E-state index in [0.29, 0.717) is 5.56 Å². The van der Waals surface area contributed by atoms with E-state index in [0.717, 1.165) is 22.0 Å². The summed E-state index contributed by atoms with van der Waals surface area (Å²) in [5, 5.41) is 12.8. The Balaban J connectivity index is 1.50. The SMILES string of the molecule is Cc1ccc(C(=O)CN(C(=O)c2ccc([N+](=O)[O-])cc2)N2C(=O)[C@@H]3[C@H]4C[C@@H]([C@H](Br)[C@H]4Br)[C@H]3C2=O)cc1. The smallest absolute Gasteiger partial charge is 0.273 e. The highest BCUT2D eigenvalue weighted by Gasteiger charge is 2.67. The van der Waals surface area contributed by atoms with Gasteiger partial charge in [0.25, 0.3) is 23.4 Å². The third kappa shape index (κ3) is 3.88. The first-order valence-corrected chi connectivity index (χ1v) is 13.3. The van der Waals surface area contributed by atoms with Gasteiger partial charge in [-0.3, -0.25) is 29.3 Å². The lowest BCUT2D eigenvalue weighted by Gasteiger charge is -2.30. The first-order chi connectivity index (χ1) is 17.1. The maximum Gasteiger partial charge on any atom is 0.273 e. The first kappa shape index (κ1) is 24.8. The fraction of sp³-hybridized carbons (Fsp3) is 0.360. The van der Waals surface area contributed by atoms with Gasteiger partial charge in [0.2, 0.25) is 0 Å². The standard InChI is InChI=1S/C25H21Br2N3O6/c1-12-2-4-13(5-3-12)18(31)11-28(23(32)14-6-8-15(9-7-14)30(35)36)29-24(33)19-16-10-17(20(19)25(29)34)22(27)21(16)26/h2-9,16-17,19-22H,10-11H2,1H3/t16-,17-,19-,20-,21+,22+/m1/s1. The zero-order chi connectivity index (χ0) is 25.9.